The first-order valence-electron chi connectivity index (χ1n) is 6.12. The first kappa shape index (κ1) is 15.8. The fourth-order valence-corrected chi connectivity index (χ4v) is 4.27. The third-order valence-corrected chi connectivity index (χ3v) is 5.45. The van der Waals surface area contributed by atoms with E-state index in [1.54, 1.807) is 0 Å². The van der Waals surface area contributed by atoms with Crippen LogP contribution in [0.4, 0.5) is 0 Å². The largest absolute Gasteiger partial charge is 0.349 e. The van der Waals surface area contributed by atoms with Crippen LogP contribution in [0.1, 0.15) is 36.0 Å². The van der Waals surface area contributed by atoms with Crippen molar-refractivity contribution in [3.05, 3.63) is 27.2 Å². The molecule has 5 nitrogen and oxygen atoms in total. The van der Waals surface area contributed by atoms with Crippen molar-refractivity contribution in [2.45, 2.75) is 36.6 Å². The van der Waals surface area contributed by atoms with Crippen molar-refractivity contribution >= 4 is 43.5 Å². The van der Waals surface area contributed by atoms with Gasteiger partial charge in [0.2, 0.25) is 10.0 Å². The number of hydrogen-bond acceptors (Lipinski definition) is 3. The number of benzene rings is 1. The highest BCUT2D eigenvalue weighted by Crippen LogP contribution is 2.29. The minimum absolute atomic E-state index is 0.116. The van der Waals surface area contributed by atoms with E-state index >= 15 is 0 Å². The van der Waals surface area contributed by atoms with E-state index < -0.39 is 10.0 Å². The molecule has 1 aromatic rings. The zero-order valence-corrected chi connectivity index (χ0v) is 13.7. The highest BCUT2D eigenvalue weighted by atomic mass is 79.9. The van der Waals surface area contributed by atoms with Gasteiger partial charge >= 0.3 is 0 Å². The zero-order chi connectivity index (χ0) is 14.9. The van der Waals surface area contributed by atoms with Gasteiger partial charge in [-0.1, -0.05) is 24.4 Å². The standard InChI is InChI=1S/C12H14BrClN2O3S/c13-9-6-10(14)8(5-11(9)20(15,18)19)12(17)16-7-3-1-2-4-7/h5-7H,1-4H2,(H,16,17)(H2,15,18,19). The Balaban J connectivity index is 2.33. The predicted molar refractivity (Wildman–Crippen MR) is 80.2 cm³/mol. The molecule has 8 heteroatoms. The van der Waals surface area contributed by atoms with Gasteiger partial charge in [0.05, 0.1) is 15.5 Å². The quantitative estimate of drug-likeness (QED) is 0.842. The van der Waals surface area contributed by atoms with Gasteiger partial charge < -0.3 is 5.32 Å². The van der Waals surface area contributed by atoms with Crippen molar-refractivity contribution < 1.29 is 13.2 Å². The average molecular weight is 382 g/mol. The van der Waals surface area contributed by atoms with E-state index in [9.17, 15) is 13.2 Å². The monoisotopic (exact) mass is 380 g/mol. The lowest BCUT2D eigenvalue weighted by atomic mass is 10.2. The molecular formula is C12H14BrClN2O3S. The van der Waals surface area contributed by atoms with E-state index in [0.717, 1.165) is 25.7 Å². The van der Waals surface area contributed by atoms with Crippen LogP contribution in [0.15, 0.2) is 21.5 Å². The Hall–Kier alpha value is -0.630. The SMILES string of the molecule is NS(=O)(=O)c1cc(C(=O)NC2CCCC2)c(Cl)cc1Br. The third-order valence-electron chi connectivity index (χ3n) is 3.26. The molecule has 0 heterocycles. The van der Waals surface area contributed by atoms with E-state index in [0.29, 0.717) is 0 Å². The van der Waals surface area contributed by atoms with Crippen LogP contribution in [0.3, 0.4) is 0 Å². The minimum atomic E-state index is -3.92. The Morgan fingerprint density at radius 2 is 1.95 bits per heavy atom. The Morgan fingerprint density at radius 3 is 2.50 bits per heavy atom. The van der Waals surface area contributed by atoms with Crippen LogP contribution in [0.2, 0.25) is 5.02 Å². The normalized spacial score (nSPS) is 16.4. The molecule has 1 aliphatic carbocycles. The van der Waals surface area contributed by atoms with Crippen LogP contribution in [0.25, 0.3) is 0 Å². The van der Waals surface area contributed by atoms with Gasteiger partial charge in [-0.25, -0.2) is 13.6 Å². The number of sulfonamides is 1. The van der Waals surface area contributed by atoms with E-state index in [4.69, 9.17) is 16.7 Å². The molecule has 0 spiro atoms. The Morgan fingerprint density at radius 1 is 1.35 bits per heavy atom. The summed E-state index contributed by atoms with van der Waals surface area (Å²) in [6.45, 7) is 0. The van der Waals surface area contributed by atoms with Crippen LogP contribution < -0.4 is 10.5 Å². The molecule has 2 rings (SSSR count). The van der Waals surface area contributed by atoms with Gasteiger partial charge in [0.1, 0.15) is 0 Å². The van der Waals surface area contributed by atoms with Crippen molar-refractivity contribution in [1.82, 2.24) is 5.32 Å². The van der Waals surface area contributed by atoms with Crippen LogP contribution in [0.5, 0.6) is 0 Å². The maximum Gasteiger partial charge on any atom is 0.253 e. The van der Waals surface area contributed by atoms with Crippen LogP contribution in [-0.2, 0) is 10.0 Å². The number of hydrogen-bond donors (Lipinski definition) is 2. The van der Waals surface area contributed by atoms with Crippen LogP contribution in [0, 0.1) is 0 Å². The van der Waals surface area contributed by atoms with E-state index in [-0.39, 0.29) is 31.9 Å². The summed E-state index contributed by atoms with van der Waals surface area (Å²) in [6.07, 6.45) is 4.03. The topological polar surface area (TPSA) is 89.3 Å². The fraction of sp³-hybridized carbons (Fsp3) is 0.417. The third kappa shape index (κ3) is 3.52. The lowest BCUT2D eigenvalue weighted by Crippen LogP contribution is -2.33. The second-order valence-electron chi connectivity index (χ2n) is 4.76. The highest BCUT2D eigenvalue weighted by molar-refractivity contribution is 9.10. The molecular weight excluding hydrogens is 368 g/mol. The molecule has 0 atom stereocenters. The summed E-state index contributed by atoms with van der Waals surface area (Å²) in [5.74, 6) is -0.376. The highest BCUT2D eigenvalue weighted by Gasteiger charge is 2.22. The molecule has 0 aliphatic heterocycles. The maximum atomic E-state index is 12.2. The maximum absolute atomic E-state index is 12.2. The summed E-state index contributed by atoms with van der Waals surface area (Å²) in [5, 5.41) is 8.15. The number of rotatable bonds is 3. The second kappa shape index (κ2) is 6.01. The van der Waals surface area contributed by atoms with E-state index in [1.807, 2.05) is 0 Å². The van der Waals surface area contributed by atoms with Gasteiger partial charge in [0.15, 0.2) is 0 Å². The van der Waals surface area contributed by atoms with Gasteiger partial charge in [-0.3, -0.25) is 4.79 Å². The number of nitrogens with two attached hydrogens (primary N) is 1. The molecule has 1 saturated carbocycles. The fourth-order valence-electron chi connectivity index (χ4n) is 2.25. The number of primary sulfonamides is 1. The van der Waals surface area contributed by atoms with Crippen molar-refractivity contribution in [2.75, 3.05) is 0 Å². The number of nitrogens with one attached hydrogen (secondary N) is 1. The molecule has 0 aromatic heterocycles. The van der Waals surface area contributed by atoms with E-state index in [2.05, 4.69) is 21.2 Å². The lowest BCUT2D eigenvalue weighted by Gasteiger charge is -2.14. The first-order chi connectivity index (χ1) is 9.29. The molecule has 0 unspecified atom stereocenters. The summed E-state index contributed by atoms with van der Waals surface area (Å²) < 4.78 is 23.2. The van der Waals surface area contributed by atoms with Gasteiger partial charge in [0, 0.05) is 10.5 Å². The number of halogens is 2. The van der Waals surface area contributed by atoms with Crippen molar-refractivity contribution in [3.63, 3.8) is 0 Å². The smallest absolute Gasteiger partial charge is 0.253 e. The van der Waals surface area contributed by atoms with Gasteiger partial charge in [0.25, 0.3) is 5.91 Å². The van der Waals surface area contributed by atoms with Gasteiger partial charge in [-0.15, -0.1) is 0 Å². The molecule has 0 radical (unpaired) electrons. The Kier molecular flexibility index (Phi) is 4.73. The number of amides is 1. The van der Waals surface area contributed by atoms with Crippen molar-refractivity contribution in [3.8, 4) is 0 Å². The van der Waals surface area contributed by atoms with Gasteiger partial charge in [-0.05, 0) is 40.9 Å². The Bertz CT molecular complexity index is 642. The molecule has 0 bridgehead atoms. The molecule has 110 valence electrons. The zero-order valence-electron chi connectivity index (χ0n) is 10.5. The minimum Gasteiger partial charge on any atom is -0.349 e. The summed E-state index contributed by atoms with van der Waals surface area (Å²) in [5.41, 5.74) is 0.116. The van der Waals surface area contributed by atoms with Crippen molar-refractivity contribution in [1.29, 1.82) is 0 Å². The molecule has 1 aliphatic rings. The molecule has 1 amide bonds. The first-order valence-corrected chi connectivity index (χ1v) is 8.83. The van der Waals surface area contributed by atoms with Crippen LogP contribution >= 0.6 is 27.5 Å². The number of carbonyl (C=O) groups excluding carboxylic acids is 1. The average Bonchev–Trinajstić information content (AvgIpc) is 2.79. The van der Waals surface area contributed by atoms with Crippen molar-refractivity contribution in [2.24, 2.45) is 5.14 Å². The molecule has 0 saturated heterocycles. The van der Waals surface area contributed by atoms with Gasteiger partial charge in [-0.2, -0.15) is 0 Å². The lowest BCUT2D eigenvalue weighted by molar-refractivity contribution is 0.0938. The summed E-state index contributed by atoms with van der Waals surface area (Å²) in [4.78, 5) is 12.0. The summed E-state index contributed by atoms with van der Waals surface area (Å²) in [6, 6.07) is 2.69. The molecule has 3 N–H and O–H groups in total. The van der Waals surface area contributed by atoms with Crippen LogP contribution in [-0.4, -0.2) is 20.4 Å². The van der Waals surface area contributed by atoms with E-state index in [1.165, 1.54) is 12.1 Å². The molecule has 20 heavy (non-hydrogen) atoms. The second-order valence-corrected chi connectivity index (χ2v) is 7.55. The molecule has 1 aromatic carbocycles. The summed E-state index contributed by atoms with van der Waals surface area (Å²) in [7, 11) is -3.92. The number of carbonyl (C=O) groups is 1. The Labute approximate surface area is 131 Å². The predicted octanol–water partition coefficient (Wildman–Crippen LogP) is 2.42. The summed E-state index contributed by atoms with van der Waals surface area (Å²) >= 11 is 9.08. The molecule has 1 fully saturated rings.